The second-order valence-corrected chi connectivity index (χ2v) is 16.2. The Morgan fingerprint density at radius 1 is 1.04 bits per heavy atom. The largest absolute Gasteiger partial charge is 0.465 e. The number of rotatable bonds is 14. The first-order valence-corrected chi connectivity index (χ1v) is 20.3. The predicted molar refractivity (Wildman–Crippen MR) is 196 cm³/mol. The first-order valence-electron chi connectivity index (χ1n) is 18.5. The Bertz CT molecular complexity index is 1960. The van der Waals surface area contributed by atoms with Crippen molar-refractivity contribution in [1.82, 2.24) is 23.7 Å². The molecule has 0 spiro atoms. The number of nitrogens with one attached hydrogen (secondary N) is 1. The summed E-state index contributed by atoms with van der Waals surface area (Å²) in [7, 11) is -3.41. The smallest absolute Gasteiger partial charge is 0.407 e. The van der Waals surface area contributed by atoms with Gasteiger partial charge in [-0.05, 0) is 45.1 Å². The van der Waals surface area contributed by atoms with Crippen LogP contribution in [0.25, 0.3) is 11.0 Å². The van der Waals surface area contributed by atoms with Gasteiger partial charge >= 0.3 is 6.09 Å². The van der Waals surface area contributed by atoms with Gasteiger partial charge in [0, 0.05) is 57.3 Å². The summed E-state index contributed by atoms with van der Waals surface area (Å²) in [6.07, 6.45) is 5.05. The van der Waals surface area contributed by atoms with E-state index in [1.165, 1.54) is 22.8 Å². The number of hydrogen-bond acceptors (Lipinski definition) is 10. The minimum absolute atomic E-state index is 0.0132. The number of carbonyl (C=O) groups is 1. The van der Waals surface area contributed by atoms with E-state index in [0.717, 1.165) is 42.9 Å². The lowest BCUT2D eigenvalue weighted by Crippen LogP contribution is -2.50. The van der Waals surface area contributed by atoms with Crippen molar-refractivity contribution in [3.05, 3.63) is 57.9 Å². The molecule has 3 saturated heterocycles. The van der Waals surface area contributed by atoms with E-state index in [9.17, 15) is 23.1 Å². The molecular weight excluding hydrogens is 731 g/mol. The lowest BCUT2D eigenvalue weighted by Gasteiger charge is -2.35. The number of halogens is 3. The van der Waals surface area contributed by atoms with Crippen molar-refractivity contribution in [2.45, 2.75) is 76.7 Å². The molecule has 0 aliphatic carbocycles. The highest BCUT2D eigenvalue weighted by atomic mass is 32.2. The monoisotopic (exact) mass is 779 g/mol. The standard InChI is InChI=1S/C36H48F3N7O7S/c1-24(26-8-7-9-28(31(26)37)36(38,39)25-11-14-44(15-12-25)35(48)49)42-32-27-22-29(43-16-18-45(19-17-43)54(2,50)51)34(47)46(33(27)41-23-40-32)13-6-4-3-5-10-30-52-20-21-53-30/h7-9,22-25,30H,3-6,10-21H2,1-2H3,(H,48,49)(H,40,41,42)/t24-/m1/s1. The Morgan fingerprint density at radius 3 is 2.39 bits per heavy atom. The number of ether oxygens (including phenoxy) is 2. The molecule has 2 aromatic heterocycles. The summed E-state index contributed by atoms with van der Waals surface area (Å²) in [5.41, 5.74) is -0.345. The number of carboxylic acid groups (broad SMARTS) is 1. The van der Waals surface area contributed by atoms with Crippen LogP contribution in [0.3, 0.4) is 0 Å². The van der Waals surface area contributed by atoms with Gasteiger partial charge in [-0.25, -0.2) is 36.4 Å². The molecule has 0 saturated carbocycles. The maximum Gasteiger partial charge on any atom is 0.407 e. The predicted octanol–water partition coefficient (Wildman–Crippen LogP) is 4.99. The van der Waals surface area contributed by atoms with Crippen molar-refractivity contribution in [1.29, 1.82) is 0 Å². The first kappa shape index (κ1) is 39.7. The van der Waals surface area contributed by atoms with Crippen LogP contribution in [0.1, 0.15) is 69.0 Å². The van der Waals surface area contributed by atoms with E-state index in [0.29, 0.717) is 42.9 Å². The molecule has 3 aromatic rings. The summed E-state index contributed by atoms with van der Waals surface area (Å²) in [4.78, 5) is 37.2. The maximum absolute atomic E-state index is 16.1. The Hall–Kier alpha value is -4.00. The topological polar surface area (TPSA) is 159 Å². The summed E-state index contributed by atoms with van der Waals surface area (Å²) in [6.45, 7) is 4.06. The molecule has 2 N–H and O–H groups in total. The molecule has 0 unspecified atom stereocenters. The third-order valence-corrected chi connectivity index (χ3v) is 12.0. The van der Waals surface area contributed by atoms with Crippen LogP contribution in [0.2, 0.25) is 0 Å². The average molecular weight is 780 g/mol. The fourth-order valence-corrected chi connectivity index (χ4v) is 8.39. The van der Waals surface area contributed by atoms with Crippen molar-refractivity contribution < 1.29 is 41.0 Å². The van der Waals surface area contributed by atoms with Gasteiger partial charge in [0.1, 0.15) is 29.3 Å². The zero-order chi connectivity index (χ0) is 38.6. The number of pyridine rings is 1. The third kappa shape index (κ3) is 8.76. The number of alkyl halides is 2. The Balaban J connectivity index is 1.26. The number of likely N-dealkylation sites (tertiary alicyclic amines) is 1. The number of aromatic nitrogens is 3. The molecule has 0 radical (unpaired) electrons. The summed E-state index contributed by atoms with van der Waals surface area (Å²) in [5, 5.41) is 12.9. The van der Waals surface area contributed by atoms with Gasteiger partial charge in [0.2, 0.25) is 10.0 Å². The molecule has 54 heavy (non-hydrogen) atoms. The number of benzene rings is 1. The summed E-state index contributed by atoms with van der Waals surface area (Å²) < 4.78 is 86.1. The number of sulfonamides is 1. The van der Waals surface area contributed by atoms with Gasteiger partial charge in [-0.1, -0.05) is 31.0 Å². The van der Waals surface area contributed by atoms with E-state index in [4.69, 9.17) is 9.47 Å². The zero-order valence-electron chi connectivity index (χ0n) is 30.6. The number of piperazine rings is 1. The molecule has 3 fully saturated rings. The van der Waals surface area contributed by atoms with Crippen LogP contribution >= 0.6 is 0 Å². The molecule has 1 amide bonds. The van der Waals surface area contributed by atoms with Crippen LogP contribution in [0.4, 0.5) is 29.5 Å². The molecule has 18 heteroatoms. The van der Waals surface area contributed by atoms with Crippen LogP contribution in [-0.4, -0.2) is 108 Å². The molecule has 6 rings (SSSR count). The SMILES string of the molecule is C[C@@H](Nc1ncnc2c1cc(N1CCN(S(C)(=O)=O)CC1)c(=O)n2CCCCCCC1OCCO1)c1cccc(C(F)(F)C2CCN(C(=O)O)CC2)c1F. The number of unbranched alkanes of at least 4 members (excludes halogenated alkanes) is 3. The highest BCUT2D eigenvalue weighted by molar-refractivity contribution is 7.88. The van der Waals surface area contributed by atoms with Gasteiger partial charge in [-0.2, -0.15) is 4.31 Å². The minimum Gasteiger partial charge on any atom is -0.465 e. The second kappa shape index (κ2) is 16.8. The van der Waals surface area contributed by atoms with E-state index in [1.54, 1.807) is 17.6 Å². The molecule has 1 atom stereocenters. The van der Waals surface area contributed by atoms with E-state index >= 15 is 13.2 Å². The van der Waals surface area contributed by atoms with Crippen LogP contribution < -0.4 is 15.8 Å². The first-order chi connectivity index (χ1) is 25.8. The van der Waals surface area contributed by atoms with E-state index in [-0.39, 0.29) is 75.3 Å². The quantitative estimate of drug-likeness (QED) is 0.212. The molecule has 0 bridgehead atoms. The zero-order valence-corrected chi connectivity index (χ0v) is 31.4. The number of aryl methyl sites for hydroxylation is 1. The lowest BCUT2D eigenvalue weighted by molar-refractivity contribution is -0.0861. The van der Waals surface area contributed by atoms with Gasteiger partial charge in [0.25, 0.3) is 11.5 Å². The molecule has 1 aromatic carbocycles. The number of nitrogens with zero attached hydrogens (tertiary/aromatic N) is 6. The number of anilines is 2. The molecular formula is C36H48F3N7O7S. The van der Waals surface area contributed by atoms with E-state index in [2.05, 4.69) is 15.3 Å². The number of amides is 1. The average Bonchev–Trinajstić information content (AvgIpc) is 3.67. The summed E-state index contributed by atoms with van der Waals surface area (Å²) in [6, 6.07) is 4.69. The van der Waals surface area contributed by atoms with Crippen LogP contribution in [0, 0.1) is 11.7 Å². The highest BCUT2D eigenvalue weighted by Crippen LogP contribution is 2.44. The third-order valence-electron chi connectivity index (χ3n) is 10.7. The van der Waals surface area contributed by atoms with Gasteiger partial charge in [0.05, 0.1) is 36.5 Å². The van der Waals surface area contributed by atoms with Crippen LogP contribution in [0.15, 0.2) is 35.4 Å². The van der Waals surface area contributed by atoms with E-state index in [1.807, 2.05) is 4.90 Å². The van der Waals surface area contributed by atoms with Crippen molar-refractivity contribution >= 4 is 38.7 Å². The normalized spacial score (nSPS) is 18.8. The van der Waals surface area contributed by atoms with Gasteiger partial charge in [-0.15, -0.1) is 0 Å². The molecule has 296 valence electrons. The molecule has 14 nitrogen and oxygen atoms in total. The van der Waals surface area contributed by atoms with Crippen molar-refractivity contribution in [2.24, 2.45) is 5.92 Å². The summed E-state index contributed by atoms with van der Waals surface area (Å²) in [5.74, 6) is -5.55. The fraction of sp³-hybridized carbons (Fsp3) is 0.611. The number of piperidine rings is 1. The Morgan fingerprint density at radius 2 is 1.72 bits per heavy atom. The minimum atomic E-state index is -3.53. The van der Waals surface area contributed by atoms with E-state index < -0.39 is 45.4 Å². The van der Waals surface area contributed by atoms with Crippen LogP contribution in [0.5, 0.6) is 0 Å². The lowest BCUT2D eigenvalue weighted by atomic mass is 9.85. The van der Waals surface area contributed by atoms with Gasteiger partial charge in [-0.3, -0.25) is 9.36 Å². The Kier molecular flexibility index (Phi) is 12.3. The van der Waals surface area contributed by atoms with Crippen molar-refractivity contribution in [3.63, 3.8) is 0 Å². The molecule has 3 aliphatic rings. The maximum atomic E-state index is 16.1. The van der Waals surface area contributed by atoms with Crippen molar-refractivity contribution in [3.8, 4) is 0 Å². The second-order valence-electron chi connectivity index (χ2n) is 14.2. The Labute approximate surface area is 312 Å². The molecule has 3 aliphatic heterocycles. The molecule has 5 heterocycles. The summed E-state index contributed by atoms with van der Waals surface area (Å²) >= 11 is 0. The van der Waals surface area contributed by atoms with Gasteiger partial charge < -0.3 is 29.7 Å². The number of fused-ring (bicyclic) bond motifs is 1. The number of hydrogen-bond donors (Lipinski definition) is 2. The van der Waals surface area contributed by atoms with Crippen LogP contribution in [-0.2, 0) is 32.0 Å². The van der Waals surface area contributed by atoms with Crippen molar-refractivity contribution in [2.75, 3.05) is 69.0 Å². The van der Waals surface area contributed by atoms with Gasteiger partial charge in [0.15, 0.2) is 6.29 Å². The fourth-order valence-electron chi connectivity index (χ4n) is 7.56. The highest BCUT2D eigenvalue weighted by Gasteiger charge is 2.45.